The van der Waals surface area contributed by atoms with E-state index in [0.717, 1.165) is 0 Å². The van der Waals surface area contributed by atoms with E-state index in [9.17, 15) is 9.59 Å². The summed E-state index contributed by atoms with van der Waals surface area (Å²) in [6, 6.07) is 2.64. The molecule has 1 aromatic rings. The van der Waals surface area contributed by atoms with Crippen molar-refractivity contribution in [3.05, 3.63) is 23.5 Å². The lowest BCUT2D eigenvalue weighted by atomic mass is 10.2. The van der Waals surface area contributed by atoms with Gasteiger partial charge in [-0.1, -0.05) is 13.8 Å². The fourth-order valence-corrected chi connectivity index (χ4v) is 0.970. The first-order valence-electron chi connectivity index (χ1n) is 5.02. The van der Waals surface area contributed by atoms with Crippen LogP contribution in [0.5, 0.6) is 0 Å². The number of rotatable bonds is 2. The van der Waals surface area contributed by atoms with Crippen molar-refractivity contribution in [3.8, 4) is 0 Å². The summed E-state index contributed by atoms with van der Waals surface area (Å²) < 4.78 is 8.90. The Bertz CT molecular complexity index is 370. The van der Waals surface area contributed by atoms with Crippen LogP contribution in [0.1, 0.15) is 34.8 Å². The fourth-order valence-electron chi connectivity index (χ4n) is 0.970. The molecule has 0 saturated carbocycles. The molecule has 1 aromatic heterocycles. The van der Waals surface area contributed by atoms with Crippen molar-refractivity contribution in [2.45, 2.75) is 13.8 Å². The van der Waals surface area contributed by atoms with Gasteiger partial charge >= 0.3 is 11.9 Å². The largest absolute Gasteiger partial charge is 0.464 e. The number of esters is 2. The van der Waals surface area contributed by atoms with Crippen LogP contribution in [0.25, 0.3) is 0 Å². The van der Waals surface area contributed by atoms with E-state index in [1.54, 1.807) is 0 Å². The highest BCUT2D eigenvalue weighted by atomic mass is 16.5. The molecule has 1 heterocycles. The van der Waals surface area contributed by atoms with Crippen LogP contribution in [0.3, 0.4) is 0 Å². The van der Waals surface area contributed by atoms with Gasteiger partial charge in [-0.25, -0.2) is 14.6 Å². The van der Waals surface area contributed by atoms with E-state index in [1.165, 1.54) is 26.4 Å². The summed E-state index contributed by atoms with van der Waals surface area (Å²) in [7, 11) is 2.43. The summed E-state index contributed by atoms with van der Waals surface area (Å²) in [5.41, 5.74) is 5.67. The number of nitrogens with zero attached hydrogens (tertiary/aromatic N) is 1. The van der Waals surface area contributed by atoms with Gasteiger partial charge in [-0.2, -0.15) is 0 Å². The average Bonchev–Trinajstić information content (AvgIpc) is 2.38. The summed E-state index contributed by atoms with van der Waals surface area (Å²) in [6.45, 7) is 4.00. The molecule has 0 saturated heterocycles. The lowest BCUT2D eigenvalue weighted by Gasteiger charge is -2.03. The van der Waals surface area contributed by atoms with E-state index < -0.39 is 11.9 Å². The average molecular weight is 240 g/mol. The number of ether oxygens (including phenoxy) is 2. The quantitative estimate of drug-likeness (QED) is 0.782. The molecule has 94 valence electrons. The Morgan fingerprint density at radius 3 is 1.71 bits per heavy atom. The van der Waals surface area contributed by atoms with E-state index in [-0.39, 0.29) is 17.1 Å². The summed E-state index contributed by atoms with van der Waals surface area (Å²) in [5, 5.41) is 0. The monoisotopic (exact) mass is 240 g/mol. The number of anilines is 1. The van der Waals surface area contributed by atoms with Gasteiger partial charge in [0.2, 0.25) is 0 Å². The molecule has 0 aliphatic rings. The van der Waals surface area contributed by atoms with Gasteiger partial charge in [-0.05, 0) is 12.1 Å². The van der Waals surface area contributed by atoms with Gasteiger partial charge in [0, 0.05) is 5.69 Å². The van der Waals surface area contributed by atoms with Gasteiger partial charge in [-0.3, -0.25) is 0 Å². The molecule has 17 heavy (non-hydrogen) atoms. The molecule has 0 fully saturated rings. The Morgan fingerprint density at radius 2 is 1.41 bits per heavy atom. The predicted octanol–water partition coefficient (Wildman–Crippen LogP) is 1.26. The smallest absolute Gasteiger partial charge is 0.356 e. The van der Waals surface area contributed by atoms with Crippen molar-refractivity contribution >= 4 is 17.6 Å². The molecule has 0 bridgehead atoms. The third-order valence-corrected chi connectivity index (χ3v) is 1.64. The Morgan fingerprint density at radius 1 is 1.06 bits per heavy atom. The molecule has 0 spiro atoms. The summed E-state index contributed by atoms with van der Waals surface area (Å²) in [6.07, 6.45) is 0. The van der Waals surface area contributed by atoms with Crippen molar-refractivity contribution in [1.82, 2.24) is 4.98 Å². The Kier molecular flexibility index (Phi) is 6.32. The minimum Gasteiger partial charge on any atom is -0.464 e. The Balaban J connectivity index is 0.00000121. The molecule has 0 radical (unpaired) electrons. The lowest BCUT2D eigenvalue weighted by molar-refractivity contribution is 0.0586. The number of hydrogen-bond donors (Lipinski definition) is 1. The standard InChI is InChI=1S/C9H10N2O4.C2H6/c1-14-8(12)6-3-5(10)4-7(11-6)9(13)15-2;1-2/h3-4H,1-2H3,(H2,10,11);1-2H3. The third kappa shape index (κ3) is 4.10. The molecule has 0 amide bonds. The second-order valence-corrected chi connectivity index (χ2v) is 2.65. The van der Waals surface area contributed by atoms with Crippen LogP contribution < -0.4 is 5.73 Å². The van der Waals surface area contributed by atoms with Crippen molar-refractivity contribution in [1.29, 1.82) is 0 Å². The number of nitrogens with two attached hydrogens (primary N) is 1. The minimum atomic E-state index is -0.660. The number of methoxy groups -OCH3 is 2. The molecule has 0 aliphatic carbocycles. The van der Waals surface area contributed by atoms with Crippen LogP contribution in [0.15, 0.2) is 12.1 Å². The van der Waals surface area contributed by atoms with E-state index in [1.807, 2.05) is 13.8 Å². The zero-order valence-electron chi connectivity index (χ0n) is 10.3. The van der Waals surface area contributed by atoms with Crippen LogP contribution in [-0.4, -0.2) is 31.1 Å². The van der Waals surface area contributed by atoms with Crippen molar-refractivity contribution in [3.63, 3.8) is 0 Å². The maximum absolute atomic E-state index is 11.1. The van der Waals surface area contributed by atoms with Gasteiger partial charge in [0.15, 0.2) is 11.4 Å². The van der Waals surface area contributed by atoms with Gasteiger partial charge in [-0.15, -0.1) is 0 Å². The van der Waals surface area contributed by atoms with E-state index >= 15 is 0 Å². The first-order valence-corrected chi connectivity index (χ1v) is 5.02. The Labute approximate surface area is 99.7 Å². The van der Waals surface area contributed by atoms with E-state index in [4.69, 9.17) is 5.73 Å². The van der Waals surface area contributed by atoms with Gasteiger partial charge in [0.1, 0.15) is 0 Å². The SMILES string of the molecule is CC.COC(=O)c1cc(N)cc(C(=O)OC)n1. The molecule has 0 aromatic carbocycles. The molecule has 0 atom stereocenters. The first kappa shape index (κ1) is 14.9. The maximum atomic E-state index is 11.1. The van der Waals surface area contributed by atoms with Crippen molar-refractivity contribution in [2.75, 3.05) is 20.0 Å². The van der Waals surface area contributed by atoms with E-state index in [2.05, 4.69) is 14.5 Å². The van der Waals surface area contributed by atoms with Crippen LogP contribution in [0.2, 0.25) is 0 Å². The number of carbonyl (C=O) groups excluding carboxylic acids is 2. The zero-order chi connectivity index (χ0) is 13.4. The summed E-state index contributed by atoms with van der Waals surface area (Å²) in [4.78, 5) is 26.0. The van der Waals surface area contributed by atoms with Crippen LogP contribution >= 0.6 is 0 Å². The molecular weight excluding hydrogens is 224 g/mol. The van der Waals surface area contributed by atoms with Gasteiger partial charge < -0.3 is 15.2 Å². The van der Waals surface area contributed by atoms with Crippen molar-refractivity contribution in [2.24, 2.45) is 0 Å². The minimum absolute atomic E-state index is 0.0297. The number of nitrogen functional groups attached to an aromatic ring is 1. The second-order valence-electron chi connectivity index (χ2n) is 2.65. The molecule has 1 rings (SSSR count). The highest BCUT2D eigenvalue weighted by molar-refractivity contribution is 5.93. The summed E-state index contributed by atoms with van der Waals surface area (Å²) in [5.74, 6) is -1.32. The molecule has 6 heteroatoms. The van der Waals surface area contributed by atoms with Crippen LogP contribution in [0.4, 0.5) is 5.69 Å². The normalized spacial score (nSPS) is 8.71. The Hall–Kier alpha value is -2.11. The number of pyridine rings is 1. The maximum Gasteiger partial charge on any atom is 0.356 e. The molecular formula is C11H16N2O4. The lowest BCUT2D eigenvalue weighted by Crippen LogP contribution is -2.11. The highest BCUT2D eigenvalue weighted by Gasteiger charge is 2.14. The number of hydrogen-bond acceptors (Lipinski definition) is 6. The first-order chi connectivity index (χ1) is 8.08. The van der Waals surface area contributed by atoms with Gasteiger partial charge in [0.25, 0.3) is 0 Å². The second kappa shape index (κ2) is 7.21. The molecule has 0 aliphatic heterocycles. The number of aromatic nitrogens is 1. The highest BCUT2D eigenvalue weighted by Crippen LogP contribution is 2.09. The fraction of sp³-hybridized carbons (Fsp3) is 0.364. The van der Waals surface area contributed by atoms with Crippen LogP contribution in [0, 0.1) is 0 Å². The van der Waals surface area contributed by atoms with E-state index in [0.29, 0.717) is 0 Å². The predicted molar refractivity (Wildman–Crippen MR) is 62.7 cm³/mol. The number of carbonyl (C=O) groups is 2. The zero-order valence-corrected chi connectivity index (χ0v) is 10.3. The molecule has 0 unspecified atom stereocenters. The summed E-state index contributed by atoms with van der Waals surface area (Å²) >= 11 is 0. The van der Waals surface area contributed by atoms with Gasteiger partial charge in [0.05, 0.1) is 14.2 Å². The topological polar surface area (TPSA) is 91.5 Å². The molecule has 6 nitrogen and oxygen atoms in total. The van der Waals surface area contributed by atoms with Crippen molar-refractivity contribution < 1.29 is 19.1 Å². The van der Waals surface area contributed by atoms with Crippen LogP contribution in [-0.2, 0) is 9.47 Å². The molecule has 2 N–H and O–H groups in total. The third-order valence-electron chi connectivity index (χ3n) is 1.64.